The fourth-order valence-electron chi connectivity index (χ4n) is 4.49. The molecular formula is C29H31N3O. The molecule has 0 amide bonds. The SMILES string of the molecule is CCc1cccc(-c2cc(=O)n(C)c3ccc(C(/C(=C/N)NC)c4ccc(C)cc4)cc23)c1. The molecule has 1 heterocycles. The Morgan fingerprint density at radius 3 is 2.42 bits per heavy atom. The van der Waals surface area contributed by atoms with Crippen molar-refractivity contribution in [3.63, 3.8) is 0 Å². The summed E-state index contributed by atoms with van der Waals surface area (Å²) < 4.78 is 1.71. The largest absolute Gasteiger partial charge is 0.403 e. The Kier molecular flexibility index (Phi) is 6.36. The number of nitrogens with two attached hydrogens (primary N) is 1. The highest BCUT2D eigenvalue weighted by atomic mass is 16.1. The Balaban J connectivity index is 1.99. The van der Waals surface area contributed by atoms with E-state index in [2.05, 4.69) is 79.8 Å². The molecule has 0 aliphatic carbocycles. The van der Waals surface area contributed by atoms with Crippen LogP contribution in [0.15, 0.2) is 89.5 Å². The van der Waals surface area contributed by atoms with Gasteiger partial charge in [-0.05, 0) is 53.3 Å². The smallest absolute Gasteiger partial charge is 0.251 e. The summed E-state index contributed by atoms with van der Waals surface area (Å²) in [6.07, 6.45) is 2.59. The van der Waals surface area contributed by atoms with E-state index in [1.807, 2.05) is 20.2 Å². The maximum absolute atomic E-state index is 12.8. The average Bonchev–Trinajstić information content (AvgIpc) is 2.85. The summed E-state index contributed by atoms with van der Waals surface area (Å²) in [6, 6.07) is 25.1. The number of aryl methyl sites for hydroxylation is 3. The number of rotatable bonds is 6. The van der Waals surface area contributed by atoms with Crippen LogP contribution in [0, 0.1) is 6.92 Å². The van der Waals surface area contributed by atoms with E-state index in [0.717, 1.165) is 45.3 Å². The first-order valence-electron chi connectivity index (χ1n) is 11.4. The molecule has 4 aromatic rings. The Bertz CT molecular complexity index is 1380. The number of fused-ring (bicyclic) bond motifs is 1. The van der Waals surface area contributed by atoms with Crippen molar-refractivity contribution in [3.8, 4) is 11.1 Å². The van der Waals surface area contributed by atoms with Crippen molar-refractivity contribution in [3.05, 3.63) is 117 Å². The molecule has 33 heavy (non-hydrogen) atoms. The third kappa shape index (κ3) is 4.29. The van der Waals surface area contributed by atoms with E-state index < -0.39 is 0 Å². The van der Waals surface area contributed by atoms with Crippen molar-refractivity contribution in [2.45, 2.75) is 26.2 Å². The molecule has 4 rings (SSSR count). The lowest BCUT2D eigenvalue weighted by atomic mass is 9.86. The van der Waals surface area contributed by atoms with E-state index >= 15 is 0 Å². The zero-order valence-electron chi connectivity index (χ0n) is 19.7. The first kappa shape index (κ1) is 22.4. The highest BCUT2D eigenvalue weighted by molar-refractivity contribution is 5.95. The molecule has 4 nitrogen and oxygen atoms in total. The van der Waals surface area contributed by atoms with Gasteiger partial charge in [0, 0.05) is 37.4 Å². The molecule has 0 bridgehead atoms. The van der Waals surface area contributed by atoms with Gasteiger partial charge in [0.1, 0.15) is 0 Å². The molecule has 0 aliphatic rings. The third-order valence-electron chi connectivity index (χ3n) is 6.44. The second-order valence-corrected chi connectivity index (χ2v) is 8.50. The summed E-state index contributed by atoms with van der Waals surface area (Å²) in [4.78, 5) is 12.8. The Morgan fingerprint density at radius 2 is 1.76 bits per heavy atom. The first-order chi connectivity index (χ1) is 16.0. The van der Waals surface area contributed by atoms with Crippen LogP contribution in [-0.2, 0) is 13.5 Å². The monoisotopic (exact) mass is 437 g/mol. The highest BCUT2D eigenvalue weighted by Crippen LogP contribution is 2.35. The number of pyridine rings is 1. The van der Waals surface area contributed by atoms with Gasteiger partial charge in [-0.25, -0.2) is 0 Å². The fourth-order valence-corrected chi connectivity index (χ4v) is 4.49. The van der Waals surface area contributed by atoms with Gasteiger partial charge in [0.05, 0.1) is 11.4 Å². The fraction of sp³-hybridized carbons (Fsp3) is 0.207. The maximum Gasteiger partial charge on any atom is 0.251 e. The van der Waals surface area contributed by atoms with Crippen molar-refractivity contribution in [1.29, 1.82) is 0 Å². The van der Waals surface area contributed by atoms with Crippen LogP contribution in [0.1, 0.15) is 35.1 Å². The molecule has 1 unspecified atom stereocenters. The normalized spacial score (nSPS) is 12.7. The zero-order valence-corrected chi connectivity index (χ0v) is 19.7. The van der Waals surface area contributed by atoms with Gasteiger partial charge in [0.15, 0.2) is 0 Å². The number of likely N-dealkylation sites (N-methyl/N-ethyl adjacent to an activating group) is 1. The van der Waals surface area contributed by atoms with Gasteiger partial charge in [-0.2, -0.15) is 0 Å². The summed E-state index contributed by atoms with van der Waals surface area (Å²) >= 11 is 0. The van der Waals surface area contributed by atoms with Crippen LogP contribution >= 0.6 is 0 Å². The second-order valence-electron chi connectivity index (χ2n) is 8.50. The molecule has 0 spiro atoms. The molecular weight excluding hydrogens is 406 g/mol. The molecule has 0 aliphatic heterocycles. The summed E-state index contributed by atoms with van der Waals surface area (Å²) in [6.45, 7) is 4.23. The van der Waals surface area contributed by atoms with Gasteiger partial charge < -0.3 is 15.6 Å². The number of benzene rings is 3. The van der Waals surface area contributed by atoms with Gasteiger partial charge >= 0.3 is 0 Å². The van der Waals surface area contributed by atoms with Crippen molar-refractivity contribution in [2.24, 2.45) is 12.8 Å². The molecule has 0 radical (unpaired) electrons. The van der Waals surface area contributed by atoms with Crippen LogP contribution in [0.25, 0.3) is 22.0 Å². The van der Waals surface area contributed by atoms with Crippen LogP contribution in [0.5, 0.6) is 0 Å². The zero-order chi connectivity index (χ0) is 23.5. The minimum atomic E-state index is -0.0444. The van der Waals surface area contributed by atoms with Crippen LogP contribution < -0.4 is 16.6 Å². The van der Waals surface area contributed by atoms with Gasteiger partial charge in [0.25, 0.3) is 5.56 Å². The third-order valence-corrected chi connectivity index (χ3v) is 6.44. The Labute approximate surface area is 195 Å². The van der Waals surface area contributed by atoms with Crippen molar-refractivity contribution in [2.75, 3.05) is 7.05 Å². The molecule has 168 valence electrons. The minimum Gasteiger partial charge on any atom is -0.403 e. The van der Waals surface area contributed by atoms with Gasteiger partial charge in [-0.3, -0.25) is 4.79 Å². The predicted octanol–water partition coefficient (Wildman–Crippen LogP) is 5.23. The summed E-state index contributed by atoms with van der Waals surface area (Å²) in [5, 5.41) is 4.32. The molecule has 3 N–H and O–H groups in total. The first-order valence-corrected chi connectivity index (χ1v) is 11.4. The average molecular weight is 438 g/mol. The Hall–Kier alpha value is -3.79. The van der Waals surface area contributed by atoms with Gasteiger partial charge in [-0.1, -0.05) is 67.1 Å². The molecule has 1 aromatic heterocycles. The van der Waals surface area contributed by atoms with E-state index in [1.165, 1.54) is 11.1 Å². The minimum absolute atomic E-state index is 0.0139. The van der Waals surface area contributed by atoms with Crippen LogP contribution in [0.3, 0.4) is 0 Å². The quantitative estimate of drug-likeness (QED) is 0.434. The van der Waals surface area contributed by atoms with Crippen molar-refractivity contribution in [1.82, 2.24) is 9.88 Å². The van der Waals surface area contributed by atoms with E-state index in [1.54, 1.807) is 16.8 Å². The standard InChI is InChI=1S/C29H31N3O/c1-5-20-7-6-8-22(15-20)24-17-28(33)32(4)27-14-13-23(16-25(24)27)29(26(18-30)31-3)21-11-9-19(2)10-12-21/h6-18,29,31H,5,30H2,1-4H3/b26-18-. The van der Waals surface area contributed by atoms with E-state index in [9.17, 15) is 4.79 Å². The lowest BCUT2D eigenvalue weighted by Crippen LogP contribution is -2.19. The maximum atomic E-state index is 12.8. The molecule has 0 fully saturated rings. The number of hydrogen-bond acceptors (Lipinski definition) is 3. The molecule has 3 aromatic carbocycles. The van der Waals surface area contributed by atoms with Crippen molar-refractivity contribution >= 4 is 10.9 Å². The molecule has 4 heteroatoms. The number of allylic oxidation sites excluding steroid dienone is 1. The van der Waals surface area contributed by atoms with E-state index in [0.29, 0.717) is 0 Å². The van der Waals surface area contributed by atoms with E-state index in [4.69, 9.17) is 5.73 Å². The Morgan fingerprint density at radius 1 is 1.03 bits per heavy atom. The van der Waals surface area contributed by atoms with Crippen molar-refractivity contribution < 1.29 is 0 Å². The number of nitrogens with zero attached hydrogens (tertiary/aromatic N) is 1. The summed E-state index contributed by atoms with van der Waals surface area (Å²) in [5.74, 6) is -0.0444. The number of hydrogen-bond donors (Lipinski definition) is 2. The molecule has 0 saturated heterocycles. The number of aromatic nitrogens is 1. The molecule has 1 atom stereocenters. The van der Waals surface area contributed by atoms with Gasteiger partial charge in [-0.15, -0.1) is 0 Å². The predicted molar refractivity (Wildman–Crippen MR) is 138 cm³/mol. The van der Waals surface area contributed by atoms with Crippen LogP contribution in [0.4, 0.5) is 0 Å². The van der Waals surface area contributed by atoms with Crippen LogP contribution in [-0.4, -0.2) is 11.6 Å². The second kappa shape index (κ2) is 9.37. The lowest BCUT2D eigenvalue weighted by Gasteiger charge is -2.23. The highest BCUT2D eigenvalue weighted by Gasteiger charge is 2.20. The number of nitrogens with one attached hydrogen (secondary N) is 1. The van der Waals surface area contributed by atoms with E-state index in [-0.39, 0.29) is 11.5 Å². The van der Waals surface area contributed by atoms with Gasteiger partial charge in [0.2, 0.25) is 0 Å². The summed E-state index contributed by atoms with van der Waals surface area (Å²) in [7, 11) is 3.72. The lowest BCUT2D eigenvalue weighted by molar-refractivity contribution is 0.821. The topological polar surface area (TPSA) is 60.0 Å². The molecule has 0 saturated carbocycles. The van der Waals surface area contributed by atoms with Crippen LogP contribution in [0.2, 0.25) is 0 Å². The summed E-state index contributed by atoms with van der Waals surface area (Å²) in [5.41, 5.74) is 14.6.